The first kappa shape index (κ1) is 17.4. The molecule has 0 aromatic heterocycles. The molecular weight excluding hydrogens is 318 g/mol. The van der Waals surface area contributed by atoms with Gasteiger partial charge in [0.25, 0.3) is 0 Å². The molecule has 0 amide bonds. The van der Waals surface area contributed by atoms with Crippen molar-refractivity contribution in [1.29, 1.82) is 0 Å². The fraction of sp³-hybridized carbons (Fsp3) is 0.364. The van der Waals surface area contributed by atoms with Crippen LogP contribution in [-0.2, 0) is 21.0 Å². The average Bonchev–Trinajstić information content (AvgIpc) is 2.35. The lowest BCUT2D eigenvalue weighted by Crippen LogP contribution is -2.40. The Balaban J connectivity index is 3.37. The van der Waals surface area contributed by atoms with Crippen molar-refractivity contribution < 1.29 is 35.9 Å². The second-order valence-electron chi connectivity index (χ2n) is 4.17. The number of carboxylic acid groups (broad SMARTS) is 1. The zero-order valence-electron chi connectivity index (χ0n) is 10.8. The Morgan fingerprint density at radius 1 is 1.33 bits per heavy atom. The summed E-state index contributed by atoms with van der Waals surface area (Å²) >= 11 is 0. The van der Waals surface area contributed by atoms with Gasteiger partial charge < -0.3 is 5.11 Å². The monoisotopic (exact) mass is 329 g/mol. The van der Waals surface area contributed by atoms with E-state index in [2.05, 4.69) is 0 Å². The number of carbonyl (C=O) groups is 1. The number of hydrogen-bond donors (Lipinski definition) is 1. The van der Waals surface area contributed by atoms with Crippen LogP contribution in [0.5, 0.6) is 0 Å². The van der Waals surface area contributed by atoms with E-state index >= 15 is 0 Å². The summed E-state index contributed by atoms with van der Waals surface area (Å²) in [4.78, 5) is 9.91. The van der Waals surface area contributed by atoms with Crippen molar-refractivity contribution in [3.63, 3.8) is 0 Å². The van der Waals surface area contributed by atoms with Gasteiger partial charge in [-0.15, -0.1) is 0 Å². The first-order valence-corrected chi connectivity index (χ1v) is 6.90. The first-order valence-electron chi connectivity index (χ1n) is 5.46. The van der Waals surface area contributed by atoms with Gasteiger partial charge in [0.05, 0.1) is 10.5 Å². The predicted octanol–water partition coefficient (Wildman–Crippen LogP) is 1.94. The Hall–Kier alpha value is -1.68. The summed E-state index contributed by atoms with van der Waals surface area (Å²) in [7, 11) is -3.59. The highest BCUT2D eigenvalue weighted by molar-refractivity contribution is 7.89. The van der Waals surface area contributed by atoms with Gasteiger partial charge in [-0.05, 0) is 25.1 Å². The Bertz CT molecular complexity index is 657. The van der Waals surface area contributed by atoms with E-state index in [9.17, 15) is 30.8 Å². The third-order valence-electron chi connectivity index (χ3n) is 2.82. The van der Waals surface area contributed by atoms with Crippen LogP contribution in [0.4, 0.5) is 17.6 Å². The molecule has 10 heteroatoms. The highest BCUT2D eigenvalue weighted by Gasteiger charge is 2.37. The van der Waals surface area contributed by atoms with E-state index in [1.165, 1.54) is 0 Å². The van der Waals surface area contributed by atoms with E-state index < -0.39 is 44.5 Å². The standard InChI is InChI=1S/C11H11F4NO4S/c1-6(10(17)18)16(2)21(19,20)7-3-4-9(12)8(5-7)11(13,14)15/h3-6H,1-2H3,(H,17,18). The maximum atomic E-state index is 13.1. The molecule has 0 saturated heterocycles. The van der Waals surface area contributed by atoms with Gasteiger partial charge in [0, 0.05) is 7.05 Å². The van der Waals surface area contributed by atoms with Gasteiger partial charge in [-0.1, -0.05) is 0 Å². The molecular formula is C11H11F4NO4S. The highest BCUT2D eigenvalue weighted by Crippen LogP contribution is 2.33. The van der Waals surface area contributed by atoms with Crippen LogP contribution in [0.25, 0.3) is 0 Å². The Kier molecular flexibility index (Phi) is 4.63. The third kappa shape index (κ3) is 3.50. The first-order chi connectivity index (χ1) is 9.39. The molecule has 21 heavy (non-hydrogen) atoms. The van der Waals surface area contributed by atoms with E-state index in [0.717, 1.165) is 14.0 Å². The number of hydrogen-bond acceptors (Lipinski definition) is 3. The van der Waals surface area contributed by atoms with Crippen LogP contribution >= 0.6 is 0 Å². The van der Waals surface area contributed by atoms with Gasteiger partial charge in [0.15, 0.2) is 0 Å². The van der Waals surface area contributed by atoms with E-state index in [0.29, 0.717) is 16.4 Å². The third-order valence-corrected chi connectivity index (χ3v) is 4.75. The largest absolute Gasteiger partial charge is 0.480 e. The van der Waals surface area contributed by atoms with Crippen LogP contribution in [0.2, 0.25) is 0 Å². The lowest BCUT2D eigenvalue weighted by molar-refractivity contribution is -0.141. The molecule has 0 bridgehead atoms. The maximum absolute atomic E-state index is 13.1. The molecule has 5 nitrogen and oxygen atoms in total. The number of rotatable bonds is 4. The quantitative estimate of drug-likeness (QED) is 0.857. The summed E-state index contributed by atoms with van der Waals surface area (Å²) in [5.74, 6) is -3.09. The van der Waals surface area contributed by atoms with Gasteiger partial charge >= 0.3 is 12.1 Å². The summed E-state index contributed by atoms with van der Waals surface area (Å²) in [5, 5.41) is 8.74. The molecule has 0 spiro atoms. The Morgan fingerprint density at radius 2 is 1.86 bits per heavy atom. The zero-order valence-corrected chi connectivity index (χ0v) is 11.7. The van der Waals surface area contributed by atoms with Crippen LogP contribution in [0.1, 0.15) is 12.5 Å². The van der Waals surface area contributed by atoms with E-state index in [4.69, 9.17) is 5.11 Å². The highest BCUT2D eigenvalue weighted by atomic mass is 32.2. The molecule has 0 heterocycles. The van der Waals surface area contributed by atoms with Crippen LogP contribution in [0.15, 0.2) is 23.1 Å². The van der Waals surface area contributed by atoms with Gasteiger partial charge in [0.2, 0.25) is 10.0 Å². The van der Waals surface area contributed by atoms with Crippen molar-refractivity contribution in [2.45, 2.75) is 24.0 Å². The second kappa shape index (κ2) is 5.60. The van der Waals surface area contributed by atoms with Crippen molar-refractivity contribution >= 4 is 16.0 Å². The van der Waals surface area contributed by atoms with Crippen LogP contribution in [0.3, 0.4) is 0 Å². The van der Waals surface area contributed by atoms with Gasteiger partial charge in [-0.25, -0.2) is 12.8 Å². The van der Waals surface area contributed by atoms with Crippen molar-refractivity contribution in [1.82, 2.24) is 4.31 Å². The number of alkyl halides is 3. The summed E-state index contributed by atoms with van der Waals surface area (Å²) in [6.07, 6.45) is -5.06. The smallest absolute Gasteiger partial charge is 0.419 e. The number of likely N-dealkylation sites (N-methyl/N-ethyl adjacent to an activating group) is 1. The van der Waals surface area contributed by atoms with Crippen molar-refractivity contribution in [3.05, 3.63) is 29.6 Å². The van der Waals surface area contributed by atoms with Crippen molar-refractivity contribution in [2.75, 3.05) is 7.05 Å². The van der Waals surface area contributed by atoms with Gasteiger partial charge in [0.1, 0.15) is 11.9 Å². The molecule has 0 aliphatic rings. The van der Waals surface area contributed by atoms with Crippen LogP contribution in [-0.4, -0.2) is 36.9 Å². The molecule has 1 N–H and O–H groups in total. The summed E-state index contributed by atoms with van der Waals surface area (Å²) in [5.41, 5.74) is -1.74. The summed E-state index contributed by atoms with van der Waals surface area (Å²) < 4.78 is 75.3. The number of benzene rings is 1. The van der Waals surface area contributed by atoms with Crippen molar-refractivity contribution in [3.8, 4) is 0 Å². The van der Waals surface area contributed by atoms with Crippen LogP contribution in [0, 0.1) is 5.82 Å². The fourth-order valence-corrected chi connectivity index (χ4v) is 2.76. The normalized spacial score (nSPS) is 14.2. The van der Waals surface area contributed by atoms with Crippen molar-refractivity contribution in [2.24, 2.45) is 0 Å². The van der Waals surface area contributed by atoms with E-state index in [-0.39, 0.29) is 6.07 Å². The molecule has 1 unspecified atom stereocenters. The molecule has 0 fully saturated rings. The SMILES string of the molecule is CC(C(=O)O)N(C)S(=O)(=O)c1ccc(F)c(C(F)(F)F)c1. The lowest BCUT2D eigenvalue weighted by atomic mass is 10.2. The number of nitrogens with zero attached hydrogens (tertiary/aromatic N) is 1. The van der Waals surface area contributed by atoms with Gasteiger partial charge in [-0.2, -0.15) is 17.5 Å². The summed E-state index contributed by atoms with van der Waals surface area (Å²) in [6.45, 7) is 1.05. The Labute approximate surface area is 117 Å². The molecule has 1 rings (SSSR count). The lowest BCUT2D eigenvalue weighted by Gasteiger charge is -2.21. The molecule has 1 aromatic carbocycles. The van der Waals surface area contributed by atoms with E-state index in [1.54, 1.807) is 0 Å². The maximum Gasteiger partial charge on any atom is 0.419 e. The average molecular weight is 329 g/mol. The number of sulfonamides is 1. The van der Waals surface area contributed by atoms with E-state index in [1.807, 2.05) is 0 Å². The number of halogens is 4. The molecule has 0 radical (unpaired) electrons. The molecule has 0 saturated carbocycles. The topological polar surface area (TPSA) is 74.7 Å². The molecule has 118 valence electrons. The Morgan fingerprint density at radius 3 is 2.29 bits per heavy atom. The number of aliphatic carboxylic acids is 1. The minimum atomic E-state index is -5.06. The van der Waals surface area contributed by atoms with Gasteiger partial charge in [-0.3, -0.25) is 4.79 Å². The molecule has 0 aliphatic carbocycles. The molecule has 1 aromatic rings. The predicted molar refractivity (Wildman–Crippen MR) is 63.4 cm³/mol. The molecule has 0 aliphatic heterocycles. The minimum Gasteiger partial charge on any atom is -0.480 e. The fourth-order valence-electron chi connectivity index (χ4n) is 1.41. The van der Waals surface area contributed by atoms with Crippen LogP contribution < -0.4 is 0 Å². The zero-order chi connectivity index (χ0) is 16.6. The second-order valence-corrected chi connectivity index (χ2v) is 6.17. The minimum absolute atomic E-state index is 0.135. The molecule has 1 atom stereocenters. The summed E-state index contributed by atoms with van der Waals surface area (Å²) in [6, 6.07) is -0.343. The number of carboxylic acids is 1.